The van der Waals surface area contributed by atoms with E-state index in [4.69, 9.17) is 16.0 Å². The van der Waals surface area contributed by atoms with Crippen LogP contribution in [0.5, 0.6) is 0 Å². The van der Waals surface area contributed by atoms with Gasteiger partial charge in [0.05, 0.1) is 18.6 Å². The molecule has 0 aliphatic carbocycles. The van der Waals surface area contributed by atoms with Gasteiger partial charge < -0.3 is 25.6 Å². The number of nitrogen functional groups attached to an aromatic ring is 1. The third-order valence-corrected chi connectivity index (χ3v) is 9.08. The number of H-pyrrole nitrogens is 1. The lowest BCUT2D eigenvalue weighted by Gasteiger charge is -2.17. The molecule has 0 spiro atoms. The van der Waals surface area contributed by atoms with Gasteiger partial charge in [-0.15, -0.1) is 0 Å². The molecule has 0 amide bonds. The molecule has 1 aliphatic heterocycles. The van der Waals surface area contributed by atoms with Gasteiger partial charge in [-0.25, -0.2) is 14.1 Å². The highest BCUT2D eigenvalue weighted by Crippen LogP contribution is 2.63. The standard InChI is InChI=1S/C16H18N9O12P3/c17-16-20-13-10(14(28)21-16)19-6-25(13)15-12(27)11(26)9(35-15)5-34-39(30,31)37-40(32,33)36-38(29)23-8-3-1-7(2-4-8)22-24-18/h1-4,6,9,11-12,15,26-27H,5H2,(H5-,17,20,21,23,28,29,30,31,32,33)/p+1/t9-,11-,12-,15-/m1/s1. The number of benzene rings is 1. The van der Waals surface area contributed by atoms with E-state index >= 15 is 0 Å². The average molecular weight is 622 g/mol. The van der Waals surface area contributed by atoms with Crippen LogP contribution in [-0.2, 0) is 31.6 Å². The summed E-state index contributed by atoms with van der Waals surface area (Å²) >= 11 is 0. The SMILES string of the molecule is [N-]=[N+]=Nc1ccc(N[P+](=O)OP(=O)(O)OP(=O)(O)OC[C@H]2O[C@@H](n3cnc4c(=O)[nH]c(N)nc43)[C@H](O)[C@@H]2O)cc1. The number of anilines is 2. The smallest absolute Gasteiger partial charge is 0.387 e. The van der Waals surface area contributed by atoms with Crippen LogP contribution in [-0.4, -0.2) is 64.4 Å². The van der Waals surface area contributed by atoms with Crippen molar-refractivity contribution in [3.05, 3.63) is 51.4 Å². The van der Waals surface area contributed by atoms with Crippen molar-refractivity contribution in [1.29, 1.82) is 0 Å². The Bertz CT molecular complexity index is 1620. The second-order valence-corrected chi connectivity index (χ2v) is 12.0. The number of nitrogens with one attached hydrogen (secondary N) is 2. The fourth-order valence-corrected chi connectivity index (χ4v) is 6.66. The fourth-order valence-electron chi connectivity index (χ4n) is 3.44. The van der Waals surface area contributed by atoms with Crippen LogP contribution in [0.1, 0.15) is 6.23 Å². The number of aliphatic hydroxyl groups excluding tert-OH is 2. The van der Waals surface area contributed by atoms with Crippen LogP contribution in [0.3, 0.4) is 0 Å². The normalized spacial score (nSPS) is 24.1. The lowest BCUT2D eigenvalue weighted by molar-refractivity contribution is -0.0503. The molecule has 214 valence electrons. The summed E-state index contributed by atoms with van der Waals surface area (Å²) in [6.45, 7) is -0.951. The highest BCUT2D eigenvalue weighted by molar-refractivity contribution is 7.65. The van der Waals surface area contributed by atoms with Crippen LogP contribution in [0.15, 0.2) is 40.5 Å². The summed E-state index contributed by atoms with van der Waals surface area (Å²) in [5.41, 5.74) is 13.3. The zero-order valence-electron chi connectivity index (χ0n) is 19.6. The van der Waals surface area contributed by atoms with Gasteiger partial charge in [-0.3, -0.25) is 23.8 Å². The van der Waals surface area contributed by atoms with Crippen LogP contribution < -0.4 is 16.4 Å². The molecule has 0 bridgehead atoms. The molecule has 1 aromatic carbocycles. The Morgan fingerprint density at radius 2 is 1.95 bits per heavy atom. The van der Waals surface area contributed by atoms with Gasteiger partial charge in [0.25, 0.3) is 5.56 Å². The minimum Gasteiger partial charge on any atom is -0.387 e. The molecule has 40 heavy (non-hydrogen) atoms. The maximum absolute atomic E-state index is 12.2. The number of imidazole rings is 1. The minimum absolute atomic E-state index is 0.0945. The van der Waals surface area contributed by atoms with E-state index in [1.807, 2.05) is 0 Å². The first-order chi connectivity index (χ1) is 18.8. The number of aromatic nitrogens is 4. The van der Waals surface area contributed by atoms with Gasteiger partial charge in [-0.1, -0.05) is 17.2 Å². The molecule has 1 fully saturated rings. The Hall–Kier alpha value is -3.28. The van der Waals surface area contributed by atoms with Crippen LogP contribution in [0.25, 0.3) is 21.6 Å². The van der Waals surface area contributed by atoms with E-state index in [1.54, 1.807) is 0 Å². The lowest BCUT2D eigenvalue weighted by atomic mass is 10.1. The van der Waals surface area contributed by atoms with Crippen molar-refractivity contribution in [2.24, 2.45) is 5.11 Å². The first-order valence-electron chi connectivity index (χ1n) is 10.6. The molecule has 0 saturated carbocycles. The molecule has 3 heterocycles. The predicted octanol–water partition coefficient (Wildman–Crippen LogP) is 1.28. The predicted molar refractivity (Wildman–Crippen MR) is 133 cm³/mol. The van der Waals surface area contributed by atoms with Gasteiger partial charge in [-0.2, -0.15) is 14.4 Å². The molecule has 3 unspecified atom stereocenters. The lowest BCUT2D eigenvalue weighted by Crippen LogP contribution is -2.33. The van der Waals surface area contributed by atoms with Crippen molar-refractivity contribution in [3.8, 4) is 0 Å². The molecule has 4 rings (SSSR count). The molecule has 1 aliphatic rings. The van der Waals surface area contributed by atoms with Gasteiger partial charge >= 0.3 is 23.8 Å². The number of fused-ring (bicyclic) bond motifs is 1. The van der Waals surface area contributed by atoms with Crippen LogP contribution in [0, 0.1) is 0 Å². The van der Waals surface area contributed by atoms with Crippen molar-refractivity contribution < 1.29 is 51.6 Å². The second kappa shape index (κ2) is 11.7. The third-order valence-electron chi connectivity index (χ3n) is 5.10. The summed E-state index contributed by atoms with van der Waals surface area (Å²) in [6, 6.07) is 5.26. The summed E-state index contributed by atoms with van der Waals surface area (Å²) in [6.07, 6.45) is -5.20. The number of nitrogens with zero attached hydrogens (tertiary/aromatic N) is 6. The van der Waals surface area contributed by atoms with E-state index in [1.165, 1.54) is 24.3 Å². The number of aliphatic hydroxyl groups is 2. The molecular formula is C16H19N9O12P3+. The van der Waals surface area contributed by atoms with E-state index in [2.05, 4.69) is 43.2 Å². The number of hydrogen-bond donors (Lipinski definition) is 7. The zero-order chi connectivity index (χ0) is 29.2. The number of phosphoric acid groups is 2. The van der Waals surface area contributed by atoms with E-state index < -0.39 is 60.5 Å². The summed E-state index contributed by atoms with van der Waals surface area (Å²) in [7, 11) is -14.0. The quantitative estimate of drug-likeness (QED) is 0.0685. The third kappa shape index (κ3) is 6.89. The highest BCUT2D eigenvalue weighted by Gasteiger charge is 2.47. The van der Waals surface area contributed by atoms with E-state index in [-0.39, 0.29) is 28.5 Å². The molecule has 1 saturated heterocycles. The molecule has 8 N–H and O–H groups in total. The first-order valence-corrected chi connectivity index (χ1v) is 14.8. The van der Waals surface area contributed by atoms with Crippen LogP contribution in [0.4, 0.5) is 17.3 Å². The number of phosphoric ester groups is 1. The van der Waals surface area contributed by atoms with Crippen LogP contribution >= 0.6 is 23.8 Å². The maximum Gasteiger partial charge on any atom is 0.654 e. The van der Waals surface area contributed by atoms with E-state index in [9.17, 15) is 38.5 Å². The number of azide groups is 1. The summed E-state index contributed by atoms with van der Waals surface area (Å²) in [5, 5.41) is 26.3. The van der Waals surface area contributed by atoms with Crippen molar-refractivity contribution >= 4 is 52.3 Å². The van der Waals surface area contributed by atoms with Crippen molar-refractivity contribution in [2.75, 3.05) is 17.4 Å². The fraction of sp³-hybridized carbons (Fsp3) is 0.312. The van der Waals surface area contributed by atoms with Gasteiger partial charge in [0.2, 0.25) is 5.95 Å². The highest BCUT2D eigenvalue weighted by atomic mass is 31.3. The average Bonchev–Trinajstić information content (AvgIpc) is 3.39. The first kappa shape index (κ1) is 29.7. The number of hydrogen-bond acceptors (Lipinski definition) is 14. The van der Waals surface area contributed by atoms with Crippen LogP contribution in [0.2, 0.25) is 0 Å². The van der Waals surface area contributed by atoms with E-state index in [0.29, 0.717) is 0 Å². The molecule has 2 aromatic heterocycles. The Labute approximate surface area is 222 Å². The number of rotatable bonds is 11. The maximum atomic E-state index is 12.2. The zero-order valence-corrected chi connectivity index (χ0v) is 22.2. The summed E-state index contributed by atoms with van der Waals surface area (Å²) < 4.78 is 56.0. The molecule has 24 heteroatoms. The molecular weight excluding hydrogens is 603 g/mol. The Morgan fingerprint density at radius 3 is 2.62 bits per heavy atom. The Morgan fingerprint density at radius 1 is 1.25 bits per heavy atom. The van der Waals surface area contributed by atoms with Gasteiger partial charge in [0.15, 0.2) is 17.4 Å². The largest absolute Gasteiger partial charge is 0.654 e. The van der Waals surface area contributed by atoms with Gasteiger partial charge in [0.1, 0.15) is 18.3 Å². The Kier molecular flexibility index (Phi) is 8.67. The van der Waals surface area contributed by atoms with E-state index in [0.717, 1.165) is 10.9 Å². The Balaban J connectivity index is 1.35. The van der Waals surface area contributed by atoms with Gasteiger partial charge in [-0.05, 0) is 26.5 Å². The monoisotopic (exact) mass is 622 g/mol. The topological polar surface area (TPSA) is 319 Å². The summed E-state index contributed by atoms with van der Waals surface area (Å²) in [4.78, 5) is 44.2. The van der Waals surface area contributed by atoms with Crippen molar-refractivity contribution in [3.63, 3.8) is 0 Å². The molecule has 21 nitrogen and oxygen atoms in total. The minimum atomic E-state index is -5.47. The number of aromatic amines is 1. The molecule has 7 atom stereocenters. The molecule has 3 aromatic rings. The second-order valence-electron chi connectivity index (χ2n) is 7.82. The number of nitrogens with two attached hydrogens (primary N) is 1. The summed E-state index contributed by atoms with van der Waals surface area (Å²) in [5.74, 6) is -0.263. The van der Waals surface area contributed by atoms with Gasteiger partial charge in [0, 0.05) is 10.6 Å². The number of ether oxygens (including phenoxy) is 1. The molecule has 0 radical (unpaired) electrons. The van der Waals surface area contributed by atoms with Crippen molar-refractivity contribution in [1.82, 2.24) is 19.5 Å². The van der Waals surface area contributed by atoms with Crippen molar-refractivity contribution in [2.45, 2.75) is 24.5 Å².